The first-order valence-electron chi connectivity index (χ1n) is 5.76. The average molecular weight is 221 g/mol. The molecular weight excluding hydrogens is 202 g/mol. The fourth-order valence-electron chi connectivity index (χ4n) is 2.01. The maximum atomic E-state index is 5.97. The van der Waals surface area contributed by atoms with Crippen LogP contribution in [-0.2, 0) is 9.47 Å². The van der Waals surface area contributed by atoms with Crippen LogP contribution in [0, 0.1) is 5.92 Å². The Bertz CT molecular complexity index is 326. The van der Waals surface area contributed by atoms with Crippen molar-refractivity contribution in [1.29, 1.82) is 0 Å². The summed E-state index contributed by atoms with van der Waals surface area (Å²) in [4.78, 5) is 0. The Morgan fingerprint density at radius 1 is 1.25 bits per heavy atom. The van der Waals surface area contributed by atoms with Crippen molar-refractivity contribution < 1.29 is 9.47 Å². The number of benzene rings is 1. The third-order valence-electron chi connectivity index (χ3n) is 2.87. The van der Waals surface area contributed by atoms with Crippen LogP contribution in [0.1, 0.15) is 25.7 Å². The minimum absolute atomic E-state index is 0.0278. The van der Waals surface area contributed by atoms with Gasteiger partial charge in [-0.15, -0.1) is 0 Å². The topological polar surface area (TPSA) is 44.5 Å². The molecule has 0 spiro atoms. The van der Waals surface area contributed by atoms with Crippen LogP contribution in [0.2, 0.25) is 0 Å². The van der Waals surface area contributed by atoms with Crippen LogP contribution in [0.4, 0.5) is 0 Å². The lowest BCUT2D eigenvalue weighted by molar-refractivity contribution is -0.234. The van der Waals surface area contributed by atoms with Gasteiger partial charge in [-0.1, -0.05) is 44.2 Å². The summed E-state index contributed by atoms with van der Waals surface area (Å²) in [5.74, 6) is 0.408. The van der Waals surface area contributed by atoms with E-state index < -0.39 is 0 Å². The van der Waals surface area contributed by atoms with Crippen molar-refractivity contribution in [3.8, 4) is 0 Å². The molecule has 3 nitrogen and oxygen atoms in total. The molecule has 2 N–H and O–H groups in total. The molecule has 1 heterocycles. The Hall–Kier alpha value is -0.900. The van der Waals surface area contributed by atoms with Gasteiger partial charge in [-0.25, -0.2) is 0 Å². The molecule has 1 fully saturated rings. The molecule has 3 heteroatoms. The average Bonchev–Trinajstić information content (AvgIpc) is 2.30. The summed E-state index contributed by atoms with van der Waals surface area (Å²) in [6.07, 6.45) is -0.202. The van der Waals surface area contributed by atoms with Crippen molar-refractivity contribution >= 4 is 0 Å². The van der Waals surface area contributed by atoms with Gasteiger partial charge >= 0.3 is 0 Å². The minimum Gasteiger partial charge on any atom is -0.347 e. The van der Waals surface area contributed by atoms with Gasteiger partial charge in [0.1, 0.15) is 0 Å². The lowest BCUT2D eigenvalue weighted by Gasteiger charge is -2.37. The summed E-state index contributed by atoms with van der Waals surface area (Å²) < 4.78 is 11.5. The van der Waals surface area contributed by atoms with Gasteiger partial charge in [0.25, 0.3) is 0 Å². The molecule has 0 bridgehead atoms. The molecule has 88 valence electrons. The number of rotatable bonds is 2. The molecule has 1 aromatic rings. The molecule has 1 aromatic carbocycles. The normalized spacial score (nSPS) is 30.6. The van der Waals surface area contributed by atoms with E-state index in [-0.39, 0.29) is 18.4 Å². The maximum absolute atomic E-state index is 5.97. The predicted molar refractivity (Wildman–Crippen MR) is 62.8 cm³/mol. The zero-order valence-electron chi connectivity index (χ0n) is 9.80. The van der Waals surface area contributed by atoms with Crippen LogP contribution in [0.25, 0.3) is 0 Å². The Labute approximate surface area is 96.5 Å². The summed E-state index contributed by atoms with van der Waals surface area (Å²) in [7, 11) is 0. The second kappa shape index (κ2) is 4.95. The van der Waals surface area contributed by atoms with Crippen LogP contribution in [0.5, 0.6) is 0 Å². The highest BCUT2D eigenvalue weighted by Gasteiger charge is 2.32. The first-order valence-corrected chi connectivity index (χ1v) is 5.76. The van der Waals surface area contributed by atoms with Crippen LogP contribution in [0.15, 0.2) is 30.3 Å². The molecule has 0 aromatic heterocycles. The van der Waals surface area contributed by atoms with Crippen molar-refractivity contribution in [2.24, 2.45) is 11.7 Å². The lowest BCUT2D eigenvalue weighted by atomic mass is 9.99. The molecule has 1 aliphatic rings. The predicted octanol–water partition coefficient (Wildman–Crippen LogP) is 2.08. The van der Waals surface area contributed by atoms with Crippen molar-refractivity contribution in [2.75, 3.05) is 6.61 Å². The number of hydrogen-bond acceptors (Lipinski definition) is 3. The molecule has 0 aliphatic carbocycles. The van der Waals surface area contributed by atoms with E-state index >= 15 is 0 Å². The highest BCUT2D eigenvalue weighted by Crippen LogP contribution is 2.28. The molecule has 0 unspecified atom stereocenters. The van der Waals surface area contributed by atoms with Gasteiger partial charge in [0.05, 0.1) is 18.8 Å². The van der Waals surface area contributed by atoms with Crippen molar-refractivity contribution in [1.82, 2.24) is 0 Å². The van der Waals surface area contributed by atoms with Crippen LogP contribution >= 0.6 is 0 Å². The highest BCUT2D eigenvalue weighted by molar-refractivity contribution is 5.16. The summed E-state index contributed by atoms with van der Waals surface area (Å²) in [5.41, 5.74) is 7.03. The Kier molecular flexibility index (Phi) is 3.59. The van der Waals surface area contributed by atoms with Crippen LogP contribution in [0.3, 0.4) is 0 Å². The maximum Gasteiger partial charge on any atom is 0.184 e. The lowest BCUT2D eigenvalue weighted by Crippen LogP contribution is -2.48. The molecule has 2 rings (SSSR count). The van der Waals surface area contributed by atoms with Gasteiger partial charge in [0, 0.05) is 5.56 Å². The van der Waals surface area contributed by atoms with E-state index in [9.17, 15) is 0 Å². The summed E-state index contributed by atoms with van der Waals surface area (Å²) >= 11 is 0. The molecule has 1 saturated heterocycles. The van der Waals surface area contributed by atoms with E-state index in [1.165, 1.54) is 0 Å². The first-order chi connectivity index (χ1) is 7.68. The second-order valence-electron chi connectivity index (χ2n) is 4.58. The summed E-state index contributed by atoms with van der Waals surface area (Å²) in [6, 6.07) is 9.96. The van der Waals surface area contributed by atoms with E-state index in [4.69, 9.17) is 15.2 Å². The smallest absolute Gasteiger partial charge is 0.184 e. The second-order valence-corrected chi connectivity index (χ2v) is 4.58. The molecule has 3 atom stereocenters. The van der Waals surface area contributed by atoms with Crippen LogP contribution < -0.4 is 5.73 Å². The molecule has 1 aliphatic heterocycles. The number of nitrogens with two attached hydrogens (primary N) is 1. The van der Waals surface area contributed by atoms with E-state index in [1.54, 1.807) is 0 Å². The first kappa shape index (κ1) is 11.6. The van der Waals surface area contributed by atoms with Crippen molar-refractivity contribution in [2.45, 2.75) is 32.3 Å². The molecular formula is C13H19NO2. The minimum atomic E-state index is -0.270. The molecule has 0 radical (unpaired) electrons. The van der Waals surface area contributed by atoms with Crippen molar-refractivity contribution in [3.05, 3.63) is 35.9 Å². The number of hydrogen-bond donors (Lipinski definition) is 1. The Morgan fingerprint density at radius 2 is 1.94 bits per heavy atom. The largest absolute Gasteiger partial charge is 0.347 e. The van der Waals surface area contributed by atoms with E-state index in [0.29, 0.717) is 12.5 Å². The van der Waals surface area contributed by atoms with Gasteiger partial charge < -0.3 is 15.2 Å². The third-order valence-corrected chi connectivity index (χ3v) is 2.87. The third kappa shape index (κ3) is 2.43. The van der Waals surface area contributed by atoms with Gasteiger partial charge in [0.15, 0.2) is 6.29 Å². The zero-order chi connectivity index (χ0) is 11.5. The monoisotopic (exact) mass is 221 g/mol. The van der Waals surface area contributed by atoms with Gasteiger partial charge in [0.2, 0.25) is 0 Å². The quantitative estimate of drug-likeness (QED) is 0.831. The SMILES string of the molecule is CC(C)[C@@H]1O[C@H](c2ccccc2)OC[C@H]1N. The van der Waals surface area contributed by atoms with Gasteiger partial charge in [-0.05, 0) is 5.92 Å². The van der Waals surface area contributed by atoms with E-state index in [2.05, 4.69) is 13.8 Å². The zero-order valence-corrected chi connectivity index (χ0v) is 9.80. The Morgan fingerprint density at radius 3 is 2.56 bits per heavy atom. The standard InChI is InChI=1S/C13H19NO2/c1-9(2)12-11(14)8-15-13(16-12)10-6-4-3-5-7-10/h3-7,9,11-13H,8,14H2,1-2H3/t11-,12+,13-/m1/s1. The van der Waals surface area contributed by atoms with Crippen LogP contribution in [-0.4, -0.2) is 18.8 Å². The number of ether oxygens (including phenoxy) is 2. The van der Waals surface area contributed by atoms with E-state index in [1.807, 2.05) is 30.3 Å². The van der Waals surface area contributed by atoms with Gasteiger partial charge in [-0.2, -0.15) is 0 Å². The fraction of sp³-hybridized carbons (Fsp3) is 0.538. The highest BCUT2D eigenvalue weighted by atomic mass is 16.7. The molecule has 16 heavy (non-hydrogen) atoms. The Balaban J connectivity index is 2.09. The summed E-state index contributed by atoms with van der Waals surface area (Å²) in [6.45, 7) is 4.80. The van der Waals surface area contributed by atoms with Crippen molar-refractivity contribution in [3.63, 3.8) is 0 Å². The fourth-order valence-corrected chi connectivity index (χ4v) is 2.01. The summed E-state index contributed by atoms with van der Waals surface area (Å²) in [5, 5.41) is 0. The molecule has 0 saturated carbocycles. The van der Waals surface area contributed by atoms with E-state index in [0.717, 1.165) is 5.56 Å². The van der Waals surface area contributed by atoms with Gasteiger partial charge in [-0.3, -0.25) is 0 Å². The molecule has 0 amide bonds.